The molecule has 2 aromatic carbocycles. The van der Waals surface area contributed by atoms with Crippen LogP contribution in [-0.2, 0) is 6.67 Å². The van der Waals surface area contributed by atoms with E-state index in [1.54, 1.807) is 0 Å². The van der Waals surface area contributed by atoms with Crippen molar-refractivity contribution in [3.8, 4) is 5.75 Å². The SMILES string of the molecule is Cc1nn(CN(C)CCOc2ccccc2)c(=O)c2ccccc12. The van der Waals surface area contributed by atoms with Gasteiger partial charge in [-0.2, -0.15) is 5.10 Å². The number of aromatic nitrogens is 2. The molecular formula is C19H21N3O2. The van der Waals surface area contributed by atoms with E-state index in [4.69, 9.17) is 4.74 Å². The Labute approximate surface area is 141 Å². The summed E-state index contributed by atoms with van der Waals surface area (Å²) < 4.78 is 7.20. The van der Waals surface area contributed by atoms with Gasteiger partial charge in [-0.05, 0) is 32.2 Å². The van der Waals surface area contributed by atoms with Crippen molar-refractivity contribution in [2.75, 3.05) is 20.2 Å². The first-order valence-corrected chi connectivity index (χ1v) is 7.98. The molecule has 3 aromatic rings. The van der Waals surface area contributed by atoms with Crippen LogP contribution in [0.25, 0.3) is 10.8 Å². The van der Waals surface area contributed by atoms with E-state index in [1.165, 1.54) is 4.68 Å². The lowest BCUT2D eigenvalue weighted by Gasteiger charge is -2.18. The van der Waals surface area contributed by atoms with Gasteiger partial charge in [0.1, 0.15) is 12.4 Å². The number of nitrogens with zero attached hydrogens (tertiary/aromatic N) is 3. The molecular weight excluding hydrogens is 302 g/mol. The van der Waals surface area contributed by atoms with Crippen LogP contribution < -0.4 is 10.3 Å². The lowest BCUT2D eigenvalue weighted by molar-refractivity contribution is 0.196. The Bertz CT molecular complexity index is 875. The van der Waals surface area contributed by atoms with E-state index < -0.39 is 0 Å². The Balaban J connectivity index is 1.66. The van der Waals surface area contributed by atoms with E-state index >= 15 is 0 Å². The summed E-state index contributed by atoms with van der Waals surface area (Å²) in [6.45, 7) is 3.62. The van der Waals surface area contributed by atoms with Crippen molar-refractivity contribution < 1.29 is 4.74 Å². The Morgan fingerprint density at radius 2 is 1.71 bits per heavy atom. The highest BCUT2D eigenvalue weighted by atomic mass is 16.5. The largest absolute Gasteiger partial charge is 0.492 e. The van der Waals surface area contributed by atoms with Crippen LogP contribution in [0.4, 0.5) is 0 Å². The number of rotatable bonds is 6. The second-order valence-corrected chi connectivity index (χ2v) is 5.82. The van der Waals surface area contributed by atoms with Crippen molar-refractivity contribution in [2.24, 2.45) is 0 Å². The van der Waals surface area contributed by atoms with Crippen LogP contribution in [0.1, 0.15) is 5.69 Å². The van der Waals surface area contributed by atoms with Gasteiger partial charge in [0.25, 0.3) is 5.56 Å². The topological polar surface area (TPSA) is 47.4 Å². The Hall–Kier alpha value is -2.66. The van der Waals surface area contributed by atoms with Crippen LogP contribution in [-0.4, -0.2) is 34.9 Å². The second-order valence-electron chi connectivity index (χ2n) is 5.82. The second kappa shape index (κ2) is 7.27. The molecule has 0 aliphatic rings. The molecule has 0 bridgehead atoms. The predicted molar refractivity (Wildman–Crippen MR) is 95.3 cm³/mol. The van der Waals surface area contributed by atoms with Gasteiger partial charge in [0.15, 0.2) is 0 Å². The average molecular weight is 323 g/mol. The third kappa shape index (κ3) is 3.63. The molecule has 0 unspecified atom stereocenters. The standard InChI is InChI=1S/C19H21N3O2/c1-15-17-10-6-7-11-18(17)19(23)22(20-15)14-21(2)12-13-24-16-8-4-3-5-9-16/h3-11H,12-14H2,1-2H3. The van der Waals surface area contributed by atoms with Crippen LogP contribution >= 0.6 is 0 Å². The van der Waals surface area contributed by atoms with Crippen LogP contribution in [0.2, 0.25) is 0 Å². The summed E-state index contributed by atoms with van der Waals surface area (Å²) in [5, 5.41) is 6.05. The van der Waals surface area contributed by atoms with Gasteiger partial charge >= 0.3 is 0 Å². The summed E-state index contributed by atoms with van der Waals surface area (Å²) in [5.74, 6) is 0.850. The van der Waals surface area contributed by atoms with Crippen LogP contribution in [0.3, 0.4) is 0 Å². The number of likely N-dealkylation sites (N-methyl/N-ethyl adjacent to an activating group) is 1. The molecule has 3 rings (SSSR count). The van der Waals surface area contributed by atoms with Crippen LogP contribution in [0.5, 0.6) is 5.75 Å². The van der Waals surface area contributed by atoms with Gasteiger partial charge in [0, 0.05) is 11.9 Å². The molecule has 0 N–H and O–H groups in total. The predicted octanol–water partition coefficient (Wildman–Crippen LogP) is 2.67. The van der Waals surface area contributed by atoms with Crippen LogP contribution in [0.15, 0.2) is 59.4 Å². The minimum Gasteiger partial charge on any atom is -0.492 e. The number of benzene rings is 2. The smallest absolute Gasteiger partial charge is 0.275 e. The van der Waals surface area contributed by atoms with E-state index in [1.807, 2.05) is 73.5 Å². The van der Waals surface area contributed by atoms with Gasteiger partial charge < -0.3 is 4.74 Å². The zero-order valence-electron chi connectivity index (χ0n) is 14.0. The van der Waals surface area contributed by atoms with Crippen molar-refractivity contribution in [3.05, 3.63) is 70.6 Å². The zero-order chi connectivity index (χ0) is 16.9. The molecule has 0 aliphatic heterocycles. The first kappa shape index (κ1) is 16.2. The summed E-state index contributed by atoms with van der Waals surface area (Å²) in [4.78, 5) is 14.6. The molecule has 0 aliphatic carbocycles. The fraction of sp³-hybridized carbons (Fsp3) is 0.263. The minimum atomic E-state index is -0.0629. The van der Waals surface area contributed by atoms with Gasteiger partial charge in [-0.15, -0.1) is 0 Å². The molecule has 0 fully saturated rings. The maximum absolute atomic E-state index is 12.6. The lowest BCUT2D eigenvalue weighted by atomic mass is 10.1. The first-order chi connectivity index (χ1) is 11.6. The molecule has 124 valence electrons. The summed E-state index contributed by atoms with van der Waals surface area (Å²) in [7, 11) is 1.95. The van der Waals surface area contributed by atoms with Gasteiger partial charge in [-0.3, -0.25) is 9.69 Å². The number of para-hydroxylation sites is 1. The van der Waals surface area contributed by atoms with Crippen molar-refractivity contribution in [1.29, 1.82) is 0 Å². The quantitative estimate of drug-likeness (QED) is 0.700. The Morgan fingerprint density at radius 1 is 1.04 bits per heavy atom. The van der Waals surface area contributed by atoms with Gasteiger partial charge in [0.2, 0.25) is 0 Å². The molecule has 0 saturated carbocycles. The number of fused-ring (bicyclic) bond motifs is 1. The third-order valence-electron chi connectivity index (χ3n) is 3.91. The third-order valence-corrected chi connectivity index (χ3v) is 3.91. The van der Waals surface area contributed by atoms with Crippen molar-refractivity contribution in [1.82, 2.24) is 14.7 Å². The normalized spacial score (nSPS) is 11.1. The molecule has 0 atom stereocenters. The van der Waals surface area contributed by atoms with Gasteiger partial charge in [0.05, 0.1) is 17.7 Å². The summed E-state index contributed by atoms with van der Waals surface area (Å²) >= 11 is 0. The van der Waals surface area contributed by atoms with E-state index in [0.29, 0.717) is 25.2 Å². The lowest BCUT2D eigenvalue weighted by Crippen LogP contribution is -2.34. The number of hydrogen-bond acceptors (Lipinski definition) is 4. The maximum atomic E-state index is 12.6. The summed E-state index contributed by atoms with van der Waals surface area (Å²) in [5.41, 5.74) is 0.797. The summed E-state index contributed by atoms with van der Waals surface area (Å²) in [6.07, 6.45) is 0. The van der Waals surface area contributed by atoms with Crippen molar-refractivity contribution in [2.45, 2.75) is 13.6 Å². The zero-order valence-corrected chi connectivity index (χ0v) is 14.0. The van der Waals surface area contributed by atoms with E-state index in [0.717, 1.165) is 16.8 Å². The van der Waals surface area contributed by atoms with Crippen molar-refractivity contribution in [3.63, 3.8) is 0 Å². The molecule has 0 spiro atoms. The first-order valence-electron chi connectivity index (χ1n) is 7.98. The maximum Gasteiger partial charge on any atom is 0.275 e. The fourth-order valence-electron chi connectivity index (χ4n) is 2.64. The van der Waals surface area contributed by atoms with Gasteiger partial charge in [-0.1, -0.05) is 36.4 Å². The van der Waals surface area contributed by atoms with E-state index in [9.17, 15) is 4.79 Å². The molecule has 0 radical (unpaired) electrons. The fourth-order valence-corrected chi connectivity index (χ4v) is 2.64. The van der Waals surface area contributed by atoms with E-state index in [2.05, 4.69) is 5.10 Å². The number of hydrogen-bond donors (Lipinski definition) is 0. The number of ether oxygens (including phenoxy) is 1. The molecule has 24 heavy (non-hydrogen) atoms. The number of aryl methyl sites for hydroxylation is 1. The molecule has 1 heterocycles. The van der Waals surface area contributed by atoms with Crippen molar-refractivity contribution >= 4 is 10.8 Å². The molecule has 5 nitrogen and oxygen atoms in total. The Morgan fingerprint density at radius 3 is 2.46 bits per heavy atom. The monoisotopic (exact) mass is 323 g/mol. The molecule has 0 saturated heterocycles. The highest BCUT2D eigenvalue weighted by Gasteiger charge is 2.09. The van der Waals surface area contributed by atoms with Crippen LogP contribution in [0, 0.1) is 6.92 Å². The minimum absolute atomic E-state index is 0.0629. The molecule has 1 aromatic heterocycles. The average Bonchev–Trinajstić information content (AvgIpc) is 2.60. The Kier molecular flexibility index (Phi) is 4.91. The highest BCUT2D eigenvalue weighted by molar-refractivity contribution is 5.83. The van der Waals surface area contributed by atoms with E-state index in [-0.39, 0.29) is 5.56 Å². The highest BCUT2D eigenvalue weighted by Crippen LogP contribution is 2.12. The molecule has 0 amide bonds. The van der Waals surface area contributed by atoms with Gasteiger partial charge in [-0.25, -0.2) is 4.68 Å². The summed E-state index contributed by atoms with van der Waals surface area (Å²) in [6, 6.07) is 17.3. The molecule has 5 heteroatoms.